The average Bonchev–Trinajstić information content (AvgIpc) is 3.33. The molecule has 3 rings (SSSR count). The van der Waals surface area contributed by atoms with E-state index in [1.165, 1.54) is 10.9 Å². The van der Waals surface area contributed by atoms with Gasteiger partial charge in [-0.15, -0.1) is 5.10 Å². The number of nitrogens with one attached hydrogen (secondary N) is 1. The predicted molar refractivity (Wildman–Crippen MR) is 109 cm³/mol. The van der Waals surface area contributed by atoms with Gasteiger partial charge in [0.25, 0.3) is 5.91 Å². The average molecular weight is 462 g/mol. The molecule has 1 aromatic carbocycles. The number of hydrazone groups is 1. The smallest absolute Gasteiger partial charge is 0.293 e. The predicted octanol–water partition coefficient (Wildman–Crippen LogP) is 1.60. The summed E-state index contributed by atoms with van der Waals surface area (Å²) in [5.41, 5.74) is 9.70. The maximum atomic E-state index is 12.7. The number of halogens is 1. The first-order chi connectivity index (χ1) is 14.0. The highest BCUT2D eigenvalue weighted by Gasteiger charge is 2.24. The van der Waals surface area contributed by atoms with Crippen molar-refractivity contribution in [1.82, 2.24) is 35.6 Å². The molecule has 29 heavy (non-hydrogen) atoms. The maximum Gasteiger partial charge on any atom is 0.293 e. The van der Waals surface area contributed by atoms with Crippen LogP contribution in [-0.2, 0) is 6.54 Å². The standard InChI is InChI=1S/C17H20BrN9O2/c1-3-26(4-2)10-13-14(21-25-27(13)16-15(19)23-29-24-16)17(28)22-20-9-11-7-5-6-8-12(11)18/h5-9H,3-4,10H2,1-2H3,(H2,19,23)(H,22,28)/b20-9+. The van der Waals surface area contributed by atoms with Crippen LogP contribution < -0.4 is 11.2 Å². The normalized spacial score (nSPS) is 11.4. The first-order valence-electron chi connectivity index (χ1n) is 8.88. The number of amides is 1. The molecule has 0 aliphatic heterocycles. The number of aromatic nitrogens is 5. The fraction of sp³-hybridized carbons (Fsp3) is 0.294. The lowest BCUT2D eigenvalue weighted by Gasteiger charge is -2.18. The van der Waals surface area contributed by atoms with Gasteiger partial charge in [0.05, 0.1) is 11.9 Å². The summed E-state index contributed by atoms with van der Waals surface area (Å²) in [6, 6.07) is 7.51. The van der Waals surface area contributed by atoms with Crippen LogP contribution in [0.4, 0.5) is 5.82 Å². The Morgan fingerprint density at radius 1 is 1.34 bits per heavy atom. The van der Waals surface area contributed by atoms with Gasteiger partial charge in [-0.3, -0.25) is 9.69 Å². The molecule has 1 amide bonds. The molecule has 2 heterocycles. The first kappa shape index (κ1) is 20.6. The minimum atomic E-state index is -0.503. The molecule has 0 unspecified atom stereocenters. The molecule has 0 spiro atoms. The van der Waals surface area contributed by atoms with Gasteiger partial charge in [0.15, 0.2) is 5.69 Å². The molecule has 0 saturated heterocycles. The van der Waals surface area contributed by atoms with E-state index in [1.54, 1.807) is 0 Å². The van der Waals surface area contributed by atoms with Crippen LogP contribution >= 0.6 is 15.9 Å². The van der Waals surface area contributed by atoms with Crippen LogP contribution in [0, 0.1) is 0 Å². The quantitative estimate of drug-likeness (QED) is 0.380. The maximum absolute atomic E-state index is 12.7. The number of anilines is 1. The van der Waals surface area contributed by atoms with Gasteiger partial charge >= 0.3 is 0 Å². The van der Waals surface area contributed by atoms with Crippen molar-refractivity contribution in [3.63, 3.8) is 0 Å². The summed E-state index contributed by atoms with van der Waals surface area (Å²) < 4.78 is 6.87. The molecule has 0 aliphatic carbocycles. The highest BCUT2D eigenvalue weighted by atomic mass is 79.9. The molecule has 0 aliphatic rings. The van der Waals surface area contributed by atoms with Crippen LogP contribution in [0.3, 0.4) is 0 Å². The van der Waals surface area contributed by atoms with Crippen molar-refractivity contribution in [2.75, 3.05) is 18.8 Å². The Morgan fingerprint density at radius 3 is 2.76 bits per heavy atom. The van der Waals surface area contributed by atoms with E-state index in [2.05, 4.69) is 56.6 Å². The van der Waals surface area contributed by atoms with E-state index < -0.39 is 5.91 Å². The Balaban J connectivity index is 1.87. The minimum Gasteiger partial charge on any atom is -0.378 e. The summed E-state index contributed by atoms with van der Waals surface area (Å²) in [6.45, 7) is 5.99. The molecular weight excluding hydrogens is 442 g/mol. The van der Waals surface area contributed by atoms with Gasteiger partial charge in [-0.1, -0.05) is 53.2 Å². The highest BCUT2D eigenvalue weighted by molar-refractivity contribution is 9.10. The zero-order chi connectivity index (χ0) is 20.8. The summed E-state index contributed by atoms with van der Waals surface area (Å²) in [4.78, 5) is 14.8. The Bertz CT molecular complexity index is 1010. The largest absolute Gasteiger partial charge is 0.378 e. The second kappa shape index (κ2) is 9.39. The monoisotopic (exact) mass is 461 g/mol. The summed E-state index contributed by atoms with van der Waals surface area (Å²) >= 11 is 3.43. The third-order valence-corrected chi connectivity index (χ3v) is 4.94. The van der Waals surface area contributed by atoms with Crippen LogP contribution in [0.15, 0.2) is 38.5 Å². The molecule has 3 N–H and O–H groups in total. The minimum absolute atomic E-state index is 0.0506. The van der Waals surface area contributed by atoms with Crippen molar-refractivity contribution < 1.29 is 9.42 Å². The zero-order valence-corrected chi connectivity index (χ0v) is 17.5. The third kappa shape index (κ3) is 4.66. The van der Waals surface area contributed by atoms with Gasteiger partial charge in [-0.25, -0.2) is 10.1 Å². The molecule has 0 fully saturated rings. The van der Waals surface area contributed by atoms with Crippen LogP contribution in [-0.4, -0.2) is 55.4 Å². The van der Waals surface area contributed by atoms with Crippen molar-refractivity contribution in [3.8, 4) is 5.82 Å². The van der Waals surface area contributed by atoms with E-state index in [0.717, 1.165) is 23.1 Å². The van der Waals surface area contributed by atoms with Crippen molar-refractivity contribution in [3.05, 3.63) is 45.7 Å². The zero-order valence-electron chi connectivity index (χ0n) is 15.9. The molecule has 0 bridgehead atoms. The Kier molecular flexibility index (Phi) is 6.67. The van der Waals surface area contributed by atoms with Crippen molar-refractivity contribution in [2.45, 2.75) is 20.4 Å². The fourth-order valence-corrected chi connectivity index (χ4v) is 2.97. The lowest BCUT2D eigenvalue weighted by molar-refractivity contribution is 0.0948. The Labute approximate surface area is 175 Å². The van der Waals surface area contributed by atoms with Crippen molar-refractivity contribution in [2.24, 2.45) is 5.10 Å². The number of hydrogen-bond donors (Lipinski definition) is 2. The van der Waals surface area contributed by atoms with E-state index >= 15 is 0 Å². The summed E-state index contributed by atoms with van der Waals surface area (Å²) in [6.07, 6.45) is 1.54. The Morgan fingerprint density at radius 2 is 2.10 bits per heavy atom. The van der Waals surface area contributed by atoms with Gasteiger partial charge in [0, 0.05) is 16.6 Å². The number of benzene rings is 1. The second-order valence-electron chi connectivity index (χ2n) is 5.95. The van der Waals surface area contributed by atoms with Crippen LogP contribution in [0.25, 0.3) is 5.82 Å². The SMILES string of the molecule is CCN(CC)Cc1c(C(=O)N/N=C/c2ccccc2Br)nnn1-c1nonc1N. The number of nitrogen functional groups attached to an aromatic ring is 1. The molecule has 11 nitrogen and oxygen atoms in total. The number of nitrogens with two attached hydrogens (primary N) is 1. The highest BCUT2D eigenvalue weighted by Crippen LogP contribution is 2.18. The van der Waals surface area contributed by atoms with E-state index in [9.17, 15) is 4.79 Å². The van der Waals surface area contributed by atoms with Gasteiger partial charge in [0.1, 0.15) is 0 Å². The van der Waals surface area contributed by atoms with E-state index in [-0.39, 0.29) is 17.3 Å². The number of carbonyl (C=O) groups excluding carboxylic acids is 1. The van der Waals surface area contributed by atoms with Gasteiger partial charge < -0.3 is 5.73 Å². The van der Waals surface area contributed by atoms with E-state index in [4.69, 9.17) is 5.73 Å². The number of carbonyl (C=O) groups is 1. The Hall–Kier alpha value is -3.12. The lowest BCUT2D eigenvalue weighted by Crippen LogP contribution is -2.27. The number of hydrogen-bond acceptors (Lipinski definition) is 9. The number of nitrogens with zero attached hydrogens (tertiary/aromatic N) is 7. The van der Waals surface area contributed by atoms with Crippen LogP contribution in [0.2, 0.25) is 0 Å². The topological polar surface area (TPSA) is 140 Å². The van der Waals surface area contributed by atoms with Crippen LogP contribution in [0.5, 0.6) is 0 Å². The molecule has 0 atom stereocenters. The molecule has 12 heteroatoms. The van der Waals surface area contributed by atoms with E-state index in [0.29, 0.717) is 12.2 Å². The van der Waals surface area contributed by atoms with Crippen LogP contribution in [0.1, 0.15) is 35.6 Å². The summed E-state index contributed by atoms with van der Waals surface area (Å²) in [5, 5.41) is 19.4. The summed E-state index contributed by atoms with van der Waals surface area (Å²) in [7, 11) is 0. The van der Waals surface area contributed by atoms with Crippen molar-refractivity contribution >= 4 is 33.9 Å². The molecule has 0 radical (unpaired) electrons. The first-order valence-corrected chi connectivity index (χ1v) is 9.67. The molecule has 152 valence electrons. The second-order valence-corrected chi connectivity index (χ2v) is 6.81. The van der Waals surface area contributed by atoms with Gasteiger partial charge in [-0.2, -0.15) is 9.78 Å². The van der Waals surface area contributed by atoms with Crippen molar-refractivity contribution in [1.29, 1.82) is 0 Å². The molecule has 0 saturated carbocycles. The molecule has 2 aromatic heterocycles. The molecular formula is C17H20BrN9O2. The fourth-order valence-electron chi connectivity index (χ4n) is 2.58. The van der Waals surface area contributed by atoms with E-state index in [1.807, 2.05) is 38.1 Å². The lowest BCUT2D eigenvalue weighted by atomic mass is 10.2. The molecule has 3 aromatic rings. The number of rotatable bonds is 8. The third-order valence-electron chi connectivity index (χ3n) is 4.22. The summed E-state index contributed by atoms with van der Waals surface area (Å²) in [5.74, 6) is -0.276. The van der Waals surface area contributed by atoms with Gasteiger partial charge in [0.2, 0.25) is 11.6 Å². The van der Waals surface area contributed by atoms with Gasteiger partial charge in [-0.05, 0) is 29.5 Å².